The summed E-state index contributed by atoms with van der Waals surface area (Å²) in [6, 6.07) is 8.97. The third kappa shape index (κ3) is 4.00. The van der Waals surface area contributed by atoms with Crippen molar-refractivity contribution in [1.82, 2.24) is 5.32 Å². The zero-order valence-electron chi connectivity index (χ0n) is 11.5. The SMILES string of the molecule is C=CCC(N)C(=O)NC(c1ccc(F)cc1)c1cccs1. The Labute approximate surface area is 127 Å². The summed E-state index contributed by atoms with van der Waals surface area (Å²) in [5.74, 6) is -0.559. The van der Waals surface area contributed by atoms with Gasteiger partial charge in [0.2, 0.25) is 5.91 Å². The highest BCUT2D eigenvalue weighted by Gasteiger charge is 2.21. The van der Waals surface area contributed by atoms with Gasteiger partial charge in [-0.3, -0.25) is 4.79 Å². The molecule has 0 aliphatic rings. The van der Waals surface area contributed by atoms with Crippen molar-refractivity contribution in [1.29, 1.82) is 0 Å². The van der Waals surface area contributed by atoms with Gasteiger partial charge in [-0.05, 0) is 35.6 Å². The fourth-order valence-corrected chi connectivity index (χ4v) is 2.77. The Kier molecular flexibility index (Phi) is 5.25. The van der Waals surface area contributed by atoms with Crippen LogP contribution in [0.1, 0.15) is 22.9 Å². The molecule has 0 saturated carbocycles. The number of hydrogen-bond acceptors (Lipinski definition) is 3. The van der Waals surface area contributed by atoms with Gasteiger partial charge in [-0.15, -0.1) is 17.9 Å². The molecule has 0 bridgehead atoms. The average molecular weight is 304 g/mol. The summed E-state index contributed by atoms with van der Waals surface area (Å²) in [5, 5.41) is 4.85. The van der Waals surface area contributed by atoms with E-state index in [0.717, 1.165) is 10.4 Å². The van der Waals surface area contributed by atoms with Crippen molar-refractivity contribution in [3.8, 4) is 0 Å². The molecule has 0 fully saturated rings. The van der Waals surface area contributed by atoms with E-state index in [9.17, 15) is 9.18 Å². The first-order chi connectivity index (χ1) is 10.1. The van der Waals surface area contributed by atoms with Gasteiger partial charge >= 0.3 is 0 Å². The van der Waals surface area contributed by atoms with Crippen molar-refractivity contribution in [2.24, 2.45) is 5.73 Å². The number of thiophene rings is 1. The summed E-state index contributed by atoms with van der Waals surface area (Å²) in [6.07, 6.45) is 2.02. The molecule has 21 heavy (non-hydrogen) atoms. The molecule has 0 aliphatic carbocycles. The van der Waals surface area contributed by atoms with E-state index in [4.69, 9.17) is 5.73 Å². The molecule has 0 aliphatic heterocycles. The van der Waals surface area contributed by atoms with Crippen molar-refractivity contribution in [2.75, 3.05) is 0 Å². The highest BCUT2D eigenvalue weighted by Crippen LogP contribution is 2.26. The lowest BCUT2D eigenvalue weighted by Crippen LogP contribution is -2.42. The maximum atomic E-state index is 13.1. The van der Waals surface area contributed by atoms with Crippen LogP contribution in [-0.4, -0.2) is 11.9 Å². The van der Waals surface area contributed by atoms with Crippen LogP contribution in [0.3, 0.4) is 0 Å². The third-order valence-corrected chi connectivity index (χ3v) is 4.01. The Bertz CT molecular complexity index is 595. The van der Waals surface area contributed by atoms with E-state index in [0.29, 0.717) is 6.42 Å². The Morgan fingerprint density at radius 1 is 1.38 bits per heavy atom. The Morgan fingerprint density at radius 3 is 2.67 bits per heavy atom. The smallest absolute Gasteiger partial charge is 0.238 e. The Morgan fingerprint density at radius 2 is 2.10 bits per heavy atom. The Hall–Kier alpha value is -1.98. The fraction of sp³-hybridized carbons (Fsp3) is 0.188. The molecule has 0 spiro atoms. The number of benzene rings is 1. The molecular weight excluding hydrogens is 287 g/mol. The van der Waals surface area contributed by atoms with Crippen LogP contribution in [0, 0.1) is 5.82 Å². The molecule has 0 saturated heterocycles. The second-order valence-electron chi connectivity index (χ2n) is 4.64. The van der Waals surface area contributed by atoms with Crippen molar-refractivity contribution in [3.05, 3.63) is 70.7 Å². The van der Waals surface area contributed by atoms with E-state index in [1.54, 1.807) is 18.2 Å². The van der Waals surface area contributed by atoms with Crippen LogP contribution in [0.25, 0.3) is 0 Å². The number of amides is 1. The first kappa shape index (κ1) is 15.4. The van der Waals surface area contributed by atoms with Gasteiger partial charge in [0.25, 0.3) is 0 Å². The van der Waals surface area contributed by atoms with Crippen LogP contribution < -0.4 is 11.1 Å². The average Bonchev–Trinajstić information content (AvgIpc) is 3.00. The van der Waals surface area contributed by atoms with E-state index < -0.39 is 6.04 Å². The molecule has 2 rings (SSSR count). The number of nitrogens with two attached hydrogens (primary N) is 1. The molecule has 1 aromatic heterocycles. The summed E-state index contributed by atoms with van der Waals surface area (Å²) >= 11 is 1.53. The van der Waals surface area contributed by atoms with Crippen molar-refractivity contribution in [3.63, 3.8) is 0 Å². The third-order valence-electron chi connectivity index (χ3n) is 3.08. The van der Waals surface area contributed by atoms with Crippen molar-refractivity contribution in [2.45, 2.75) is 18.5 Å². The largest absolute Gasteiger partial charge is 0.343 e. The second kappa shape index (κ2) is 7.15. The second-order valence-corrected chi connectivity index (χ2v) is 5.62. The molecule has 3 N–H and O–H groups in total. The standard InChI is InChI=1S/C16H17FN2OS/c1-2-4-13(18)16(20)19-15(14-5-3-10-21-14)11-6-8-12(17)9-7-11/h2-3,5-10,13,15H,1,4,18H2,(H,19,20). The lowest BCUT2D eigenvalue weighted by atomic mass is 10.0. The van der Waals surface area contributed by atoms with Crippen LogP contribution in [0.4, 0.5) is 4.39 Å². The minimum Gasteiger partial charge on any atom is -0.343 e. The van der Waals surface area contributed by atoms with E-state index in [1.165, 1.54) is 23.5 Å². The summed E-state index contributed by atoms with van der Waals surface area (Å²) in [5.41, 5.74) is 6.61. The predicted molar refractivity (Wildman–Crippen MR) is 83.5 cm³/mol. The number of halogens is 1. The number of carbonyl (C=O) groups is 1. The van der Waals surface area contributed by atoms with Gasteiger partial charge < -0.3 is 11.1 Å². The first-order valence-corrected chi connectivity index (χ1v) is 7.45. The van der Waals surface area contributed by atoms with Crippen molar-refractivity contribution >= 4 is 17.2 Å². The van der Waals surface area contributed by atoms with E-state index in [-0.39, 0.29) is 17.8 Å². The van der Waals surface area contributed by atoms with Gasteiger partial charge in [0.15, 0.2) is 0 Å². The highest BCUT2D eigenvalue weighted by molar-refractivity contribution is 7.10. The summed E-state index contributed by atoms with van der Waals surface area (Å²) in [4.78, 5) is 13.1. The quantitative estimate of drug-likeness (QED) is 0.806. The zero-order chi connectivity index (χ0) is 15.2. The van der Waals surface area contributed by atoms with Crippen LogP contribution in [-0.2, 0) is 4.79 Å². The minimum atomic E-state index is -0.634. The van der Waals surface area contributed by atoms with Gasteiger partial charge in [-0.25, -0.2) is 4.39 Å². The molecule has 3 nitrogen and oxygen atoms in total. The highest BCUT2D eigenvalue weighted by atomic mass is 32.1. The molecule has 1 amide bonds. The monoisotopic (exact) mass is 304 g/mol. The number of carbonyl (C=O) groups excluding carboxylic acids is 1. The number of nitrogens with one attached hydrogen (secondary N) is 1. The summed E-state index contributed by atoms with van der Waals surface area (Å²) in [6.45, 7) is 3.58. The number of rotatable bonds is 6. The molecule has 110 valence electrons. The normalized spacial score (nSPS) is 13.4. The minimum absolute atomic E-state index is 0.252. The lowest BCUT2D eigenvalue weighted by molar-refractivity contribution is -0.122. The van der Waals surface area contributed by atoms with E-state index in [1.807, 2.05) is 17.5 Å². The molecular formula is C16H17FN2OS. The molecule has 5 heteroatoms. The fourth-order valence-electron chi connectivity index (χ4n) is 1.97. The molecule has 2 aromatic rings. The zero-order valence-corrected chi connectivity index (χ0v) is 12.3. The molecule has 1 aromatic carbocycles. The van der Waals surface area contributed by atoms with Crippen LogP contribution in [0.5, 0.6) is 0 Å². The van der Waals surface area contributed by atoms with Gasteiger partial charge in [0, 0.05) is 4.88 Å². The number of hydrogen-bond donors (Lipinski definition) is 2. The van der Waals surface area contributed by atoms with Gasteiger partial charge in [-0.1, -0.05) is 24.3 Å². The van der Waals surface area contributed by atoms with Gasteiger partial charge in [0.1, 0.15) is 5.82 Å². The van der Waals surface area contributed by atoms with Crippen molar-refractivity contribution < 1.29 is 9.18 Å². The first-order valence-electron chi connectivity index (χ1n) is 6.57. The van der Waals surface area contributed by atoms with E-state index in [2.05, 4.69) is 11.9 Å². The molecule has 1 heterocycles. The lowest BCUT2D eigenvalue weighted by Gasteiger charge is -2.20. The van der Waals surface area contributed by atoms with Gasteiger partial charge in [0.05, 0.1) is 12.1 Å². The van der Waals surface area contributed by atoms with E-state index >= 15 is 0 Å². The van der Waals surface area contributed by atoms with Gasteiger partial charge in [-0.2, -0.15) is 0 Å². The summed E-state index contributed by atoms with van der Waals surface area (Å²) < 4.78 is 13.1. The van der Waals surface area contributed by atoms with Crippen LogP contribution in [0.2, 0.25) is 0 Å². The molecule has 2 unspecified atom stereocenters. The van der Waals surface area contributed by atoms with Crippen LogP contribution >= 0.6 is 11.3 Å². The summed E-state index contributed by atoms with van der Waals surface area (Å²) in [7, 11) is 0. The maximum absolute atomic E-state index is 13.1. The Balaban J connectivity index is 2.23. The topological polar surface area (TPSA) is 55.1 Å². The molecule has 2 atom stereocenters. The predicted octanol–water partition coefficient (Wildman–Crippen LogP) is 3.00. The molecule has 0 radical (unpaired) electrons. The van der Waals surface area contributed by atoms with Crippen LogP contribution in [0.15, 0.2) is 54.4 Å². The maximum Gasteiger partial charge on any atom is 0.238 e.